The molecule has 0 amide bonds. The number of nitrogens with two attached hydrogens (primary N) is 1. The van der Waals surface area contributed by atoms with Gasteiger partial charge in [0.1, 0.15) is 17.1 Å². The third kappa shape index (κ3) is 3.35. The van der Waals surface area contributed by atoms with Crippen molar-refractivity contribution in [1.29, 1.82) is 0 Å². The molecule has 1 aromatic carbocycles. The van der Waals surface area contributed by atoms with Gasteiger partial charge in [-0.15, -0.1) is 0 Å². The summed E-state index contributed by atoms with van der Waals surface area (Å²) in [6, 6.07) is 5.62. The summed E-state index contributed by atoms with van der Waals surface area (Å²) in [5.41, 5.74) is 6.87. The molecule has 0 aliphatic rings. The highest BCUT2D eigenvalue weighted by Gasteiger charge is 2.16. The van der Waals surface area contributed by atoms with Crippen molar-refractivity contribution in [2.45, 2.75) is 13.5 Å². The molecule has 0 aliphatic heterocycles. The second kappa shape index (κ2) is 6.32. The summed E-state index contributed by atoms with van der Waals surface area (Å²) in [4.78, 5) is 15.9. The maximum absolute atomic E-state index is 13.1. The molecule has 0 aliphatic carbocycles. The van der Waals surface area contributed by atoms with E-state index in [1.165, 1.54) is 37.6 Å². The molecule has 0 spiro atoms. The second-order valence-corrected chi connectivity index (χ2v) is 4.38. The molecular formula is C15H15FN2O3. The Kier molecular flexibility index (Phi) is 4.49. The largest absolute Gasteiger partial charge is 0.465 e. The molecular weight excluding hydrogens is 275 g/mol. The number of hydrogen-bond acceptors (Lipinski definition) is 5. The number of nitrogens with zero attached hydrogens (tertiary/aromatic N) is 1. The summed E-state index contributed by atoms with van der Waals surface area (Å²) in [7, 11) is 1.28. The predicted octanol–water partition coefficient (Wildman–Crippen LogP) is 2.57. The summed E-state index contributed by atoms with van der Waals surface area (Å²) in [5, 5.41) is 0. The number of aromatic nitrogens is 1. The number of pyridine rings is 1. The first-order chi connectivity index (χ1) is 10.0. The van der Waals surface area contributed by atoms with E-state index in [2.05, 4.69) is 4.98 Å². The van der Waals surface area contributed by atoms with Crippen molar-refractivity contribution in [1.82, 2.24) is 4.98 Å². The molecule has 2 rings (SSSR count). The van der Waals surface area contributed by atoms with Crippen molar-refractivity contribution < 1.29 is 18.7 Å². The average Bonchev–Trinajstić information content (AvgIpc) is 2.49. The van der Waals surface area contributed by atoms with Crippen LogP contribution < -0.4 is 10.5 Å². The van der Waals surface area contributed by atoms with Crippen LogP contribution in [0, 0.1) is 12.7 Å². The van der Waals surface area contributed by atoms with Gasteiger partial charge in [0.25, 0.3) is 0 Å². The monoisotopic (exact) mass is 290 g/mol. The van der Waals surface area contributed by atoms with Gasteiger partial charge in [-0.3, -0.25) is 4.98 Å². The van der Waals surface area contributed by atoms with Crippen LogP contribution in [0.3, 0.4) is 0 Å². The Bertz CT molecular complexity index is 674. The van der Waals surface area contributed by atoms with Crippen LogP contribution in [-0.2, 0) is 11.3 Å². The highest BCUT2D eigenvalue weighted by atomic mass is 19.1. The van der Waals surface area contributed by atoms with Crippen LogP contribution in [0.5, 0.6) is 11.5 Å². The quantitative estimate of drug-likeness (QED) is 0.876. The molecule has 0 fully saturated rings. The zero-order chi connectivity index (χ0) is 15.4. The summed E-state index contributed by atoms with van der Waals surface area (Å²) in [5.74, 6) is -0.246. The highest BCUT2D eigenvalue weighted by molar-refractivity contribution is 5.92. The van der Waals surface area contributed by atoms with Crippen molar-refractivity contribution in [2.75, 3.05) is 7.11 Å². The molecule has 1 aromatic heterocycles. The summed E-state index contributed by atoms with van der Waals surface area (Å²) in [6.07, 6.45) is 1.40. The van der Waals surface area contributed by atoms with Crippen LogP contribution in [0.2, 0.25) is 0 Å². The Morgan fingerprint density at radius 1 is 1.33 bits per heavy atom. The zero-order valence-corrected chi connectivity index (χ0v) is 11.7. The second-order valence-electron chi connectivity index (χ2n) is 4.38. The molecule has 0 saturated carbocycles. The number of esters is 1. The van der Waals surface area contributed by atoms with E-state index >= 15 is 0 Å². The lowest BCUT2D eigenvalue weighted by atomic mass is 10.2. The summed E-state index contributed by atoms with van der Waals surface area (Å²) >= 11 is 0. The molecule has 2 aromatic rings. The van der Waals surface area contributed by atoms with Crippen LogP contribution >= 0.6 is 0 Å². The Morgan fingerprint density at radius 2 is 2.10 bits per heavy atom. The number of halogens is 1. The molecule has 6 heteroatoms. The fraction of sp³-hybridized carbons (Fsp3) is 0.200. The maximum atomic E-state index is 13.1. The minimum absolute atomic E-state index is 0.194. The van der Waals surface area contributed by atoms with Crippen LogP contribution in [0.1, 0.15) is 21.6 Å². The summed E-state index contributed by atoms with van der Waals surface area (Å²) in [6.45, 7) is 1.90. The highest BCUT2D eigenvalue weighted by Crippen LogP contribution is 2.28. The van der Waals surface area contributed by atoms with E-state index in [9.17, 15) is 9.18 Å². The number of aryl methyl sites for hydroxylation is 1. The van der Waals surface area contributed by atoms with Crippen LogP contribution in [0.15, 0.2) is 30.5 Å². The maximum Gasteiger partial charge on any atom is 0.341 e. The number of benzene rings is 1. The van der Waals surface area contributed by atoms with Gasteiger partial charge in [-0.1, -0.05) is 0 Å². The molecule has 5 nitrogen and oxygen atoms in total. The number of ether oxygens (including phenoxy) is 2. The number of hydrogen-bond donors (Lipinski definition) is 1. The van der Waals surface area contributed by atoms with Crippen molar-refractivity contribution in [3.8, 4) is 11.5 Å². The van der Waals surface area contributed by atoms with Gasteiger partial charge in [0.2, 0.25) is 0 Å². The van der Waals surface area contributed by atoms with Gasteiger partial charge in [0, 0.05) is 6.54 Å². The number of methoxy groups -OCH3 is 1. The van der Waals surface area contributed by atoms with Gasteiger partial charge in [-0.2, -0.15) is 0 Å². The fourth-order valence-electron chi connectivity index (χ4n) is 1.79. The predicted molar refractivity (Wildman–Crippen MR) is 74.7 cm³/mol. The van der Waals surface area contributed by atoms with Crippen LogP contribution in [-0.4, -0.2) is 18.1 Å². The minimum Gasteiger partial charge on any atom is -0.465 e. The third-order valence-electron chi connectivity index (χ3n) is 2.90. The fourth-order valence-corrected chi connectivity index (χ4v) is 1.79. The van der Waals surface area contributed by atoms with E-state index in [1.807, 2.05) is 0 Å². The van der Waals surface area contributed by atoms with Gasteiger partial charge < -0.3 is 15.2 Å². The van der Waals surface area contributed by atoms with E-state index in [1.54, 1.807) is 6.92 Å². The van der Waals surface area contributed by atoms with Crippen molar-refractivity contribution in [2.24, 2.45) is 5.73 Å². The standard InChI is InChI=1S/C15H15FN2O3/c1-9-5-10(16)3-4-13(9)21-14-8-18-11(7-17)6-12(14)15(19)20-2/h3-6,8H,7,17H2,1-2H3. The van der Waals surface area contributed by atoms with E-state index in [4.69, 9.17) is 15.2 Å². The zero-order valence-electron chi connectivity index (χ0n) is 11.7. The first kappa shape index (κ1) is 14.9. The van der Waals surface area contributed by atoms with Gasteiger partial charge in [0.15, 0.2) is 5.75 Å². The molecule has 2 N–H and O–H groups in total. The molecule has 0 bridgehead atoms. The molecule has 21 heavy (non-hydrogen) atoms. The lowest BCUT2D eigenvalue weighted by Crippen LogP contribution is -2.08. The van der Waals surface area contributed by atoms with E-state index in [0.29, 0.717) is 17.0 Å². The Balaban J connectivity index is 2.41. The number of carbonyl (C=O) groups excluding carboxylic acids is 1. The van der Waals surface area contributed by atoms with Crippen molar-refractivity contribution in [3.63, 3.8) is 0 Å². The molecule has 0 radical (unpaired) electrons. The minimum atomic E-state index is -0.554. The third-order valence-corrected chi connectivity index (χ3v) is 2.90. The van der Waals surface area contributed by atoms with E-state index in [-0.39, 0.29) is 23.7 Å². The van der Waals surface area contributed by atoms with Gasteiger partial charge >= 0.3 is 5.97 Å². The Hall–Kier alpha value is -2.47. The number of rotatable bonds is 4. The molecule has 0 atom stereocenters. The average molecular weight is 290 g/mol. The normalized spacial score (nSPS) is 10.3. The van der Waals surface area contributed by atoms with Gasteiger partial charge in [-0.05, 0) is 36.8 Å². The molecule has 1 heterocycles. The molecule has 0 unspecified atom stereocenters. The summed E-state index contributed by atoms with van der Waals surface area (Å²) < 4.78 is 23.5. The molecule has 0 saturated heterocycles. The lowest BCUT2D eigenvalue weighted by molar-refractivity contribution is 0.0597. The van der Waals surface area contributed by atoms with Crippen molar-refractivity contribution in [3.05, 3.63) is 53.1 Å². The SMILES string of the molecule is COC(=O)c1cc(CN)ncc1Oc1ccc(F)cc1C. The smallest absolute Gasteiger partial charge is 0.341 e. The topological polar surface area (TPSA) is 74.4 Å². The van der Waals surface area contributed by atoms with Gasteiger partial charge in [-0.25, -0.2) is 9.18 Å². The Morgan fingerprint density at radius 3 is 2.71 bits per heavy atom. The van der Waals surface area contributed by atoms with Crippen molar-refractivity contribution >= 4 is 5.97 Å². The van der Waals surface area contributed by atoms with Crippen LogP contribution in [0.4, 0.5) is 4.39 Å². The molecule has 110 valence electrons. The number of carbonyl (C=O) groups is 1. The van der Waals surface area contributed by atoms with E-state index < -0.39 is 5.97 Å². The first-order valence-corrected chi connectivity index (χ1v) is 6.26. The lowest BCUT2D eigenvalue weighted by Gasteiger charge is -2.12. The Labute approximate surface area is 121 Å². The van der Waals surface area contributed by atoms with Crippen LogP contribution in [0.25, 0.3) is 0 Å². The van der Waals surface area contributed by atoms with E-state index in [0.717, 1.165) is 0 Å². The van der Waals surface area contributed by atoms with Gasteiger partial charge in [0.05, 0.1) is 19.0 Å². The first-order valence-electron chi connectivity index (χ1n) is 6.26.